The fraction of sp³-hybridized carbons (Fsp3) is 0.562. The van der Waals surface area contributed by atoms with Gasteiger partial charge in [0.25, 0.3) is 5.91 Å². The molecule has 2 heterocycles. The molecule has 0 saturated heterocycles. The third-order valence-corrected chi connectivity index (χ3v) is 4.74. The molecule has 0 aliphatic heterocycles. The lowest BCUT2D eigenvalue weighted by atomic mass is 9.75. The Morgan fingerprint density at radius 2 is 2.26 bits per heavy atom. The Morgan fingerprint density at radius 3 is 2.87 bits per heavy atom. The normalized spacial score (nSPS) is 25.0. The molecule has 2 aromatic rings. The lowest BCUT2D eigenvalue weighted by Gasteiger charge is -2.37. The van der Waals surface area contributed by atoms with Crippen molar-refractivity contribution in [1.29, 1.82) is 0 Å². The number of rotatable bonds is 5. The second kappa shape index (κ2) is 5.49. The summed E-state index contributed by atoms with van der Waals surface area (Å²) in [5, 5.41) is 20.8. The van der Waals surface area contributed by atoms with Gasteiger partial charge in [-0.05, 0) is 31.6 Å². The average Bonchev–Trinajstić information content (AvgIpc) is 3.06. The fourth-order valence-electron chi connectivity index (χ4n) is 3.16. The maximum atomic E-state index is 12.5. The Bertz CT molecular complexity index is 712. The Hall–Kier alpha value is -2.15. The van der Waals surface area contributed by atoms with Crippen LogP contribution in [0.25, 0.3) is 0 Å². The van der Waals surface area contributed by atoms with Crippen LogP contribution in [-0.2, 0) is 7.05 Å². The summed E-state index contributed by atoms with van der Waals surface area (Å²) in [6, 6.07) is 1.57. The van der Waals surface area contributed by atoms with E-state index in [0.717, 1.165) is 24.1 Å². The highest BCUT2D eigenvalue weighted by molar-refractivity contribution is 5.91. The van der Waals surface area contributed by atoms with Gasteiger partial charge in [-0.3, -0.25) is 9.48 Å². The van der Waals surface area contributed by atoms with Crippen LogP contribution in [0.4, 0.5) is 0 Å². The highest BCUT2D eigenvalue weighted by Gasteiger charge is 2.37. The molecule has 1 atom stereocenters. The molecule has 0 bridgehead atoms. The smallest absolute Gasteiger partial charge is 0.290 e. The van der Waals surface area contributed by atoms with Crippen molar-refractivity contribution in [2.45, 2.75) is 43.7 Å². The molecule has 122 valence electrons. The number of carbonyl (C=O) groups excluding carboxylic acids is 1. The van der Waals surface area contributed by atoms with Gasteiger partial charge < -0.3 is 14.9 Å². The van der Waals surface area contributed by atoms with Crippen molar-refractivity contribution < 1.29 is 14.4 Å². The van der Waals surface area contributed by atoms with Crippen LogP contribution in [0.3, 0.4) is 0 Å². The zero-order chi connectivity index (χ0) is 16.0. The van der Waals surface area contributed by atoms with Crippen LogP contribution in [0.5, 0.6) is 0 Å². The number of carbonyl (C=O) groups is 1. The van der Waals surface area contributed by atoms with Crippen LogP contribution in [-0.4, -0.2) is 32.1 Å². The summed E-state index contributed by atoms with van der Waals surface area (Å²) in [6.07, 6.45) is 6.98. The molecule has 2 saturated carbocycles. The van der Waals surface area contributed by atoms with Crippen LogP contribution in [0.15, 0.2) is 23.0 Å². The first kappa shape index (κ1) is 14.4. The zero-order valence-electron chi connectivity index (χ0n) is 13.0. The van der Waals surface area contributed by atoms with Gasteiger partial charge in [0.2, 0.25) is 5.76 Å². The molecule has 7 nitrogen and oxygen atoms in total. The van der Waals surface area contributed by atoms with E-state index in [1.807, 2.05) is 13.2 Å². The van der Waals surface area contributed by atoms with E-state index in [9.17, 15) is 9.90 Å². The minimum atomic E-state index is -0.275. The summed E-state index contributed by atoms with van der Waals surface area (Å²) in [4.78, 5) is 12.5. The summed E-state index contributed by atoms with van der Waals surface area (Å²) in [6.45, 7) is 0. The molecule has 2 aromatic heterocycles. The summed E-state index contributed by atoms with van der Waals surface area (Å²) in [5.74, 6) is 0.653. The largest absolute Gasteiger partial charge is 0.393 e. The average molecular weight is 316 g/mol. The van der Waals surface area contributed by atoms with Gasteiger partial charge >= 0.3 is 0 Å². The number of aliphatic hydroxyl groups excluding tert-OH is 1. The standard InChI is InChI=1S/C16H20N4O3/c1-20-8-11(7-17-20)15(10-4-12(21)5-10)18-16(22)14-6-13(19-23-14)9-2-3-9/h6-10,12,15,21H,2-5H2,1H3,(H,18,22)/t10?,12?,15-/m0/s1. The molecule has 0 unspecified atom stereocenters. The van der Waals surface area contributed by atoms with Gasteiger partial charge in [0.15, 0.2) is 0 Å². The van der Waals surface area contributed by atoms with Crippen LogP contribution in [0, 0.1) is 5.92 Å². The first-order valence-corrected chi connectivity index (χ1v) is 8.04. The van der Waals surface area contributed by atoms with Crippen molar-refractivity contribution in [3.8, 4) is 0 Å². The first-order chi connectivity index (χ1) is 11.1. The van der Waals surface area contributed by atoms with E-state index in [2.05, 4.69) is 15.6 Å². The number of aryl methyl sites for hydroxylation is 1. The third kappa shape index (κ3) is 2.88. The summed E-state index contributed by atoms with van der Waals surface area (Å²) in [7, 11) is 1.84. The summed E-state index contributed by atoms with van der Waals surface area (Å²) >= 11 is 0. The second-order valence-corrected chi connectivity index (χ2v) is 6.67. The molecule has 23 heavy (non-hydrogen) atoms. The molecule has 2 aliphatic carbocycles. The number of amides is 1. The minimum Gasteiger partial charge on any atom is -0.393 e. The van der Waals surface area contributed by atoms with Crippen LogP contribution in [0.1, 0.15) is 59.5 Å². The Labute approximate surface area is 133 Å². The zero-order valence-corrected chi connectivity index (χ0v) is 13.0. The van der Waals surface area contributed by atoms with E-state index in [1.165, 1.54) is 0 Å². The molecule has 2 N–H and O–H groups in total. The fourth-order valence-corrected chi connectivity index (χ4v) is 3.16. The summed E-state index contributed by atoms with van der Waals surface area (Å²) < 4.78 is 6.90. The van der Waals surface area contributed by atoms with Gasteiger partial charge in [0.1, 0.15) is 0 Å². The van der Waals surface area contributed by atoms with Crippen molar-refractivity contribution in [3.63, 3.8) is 0 Å². The molecule has 1 amide bonds. The predicted octanol–water partition coefficient (Wildman–Crippen LogP) is 1.53. The van der Waals surface area contributed by atoms with E-state index in [1.54, 1.807) is 16.9 Å². The number of nitrogens with one attached hydrogen (secondary N) is 1. The van der Waals surface area contributed by atoms with E-state index in [-0.39, 0.29) is 29.7 Å². The molecular formula is C16H20N4O3. The molecule has 0 spiro atoms. The van der Waals surface area contributed by atoms with Crippen LogP contribution >= 0.6 is 0 Å². The topological polar surface area (TPSA) is 93.2 Å². The lowest BCUT2D eigenvalue weighted by Crippen LogP contribution is -2.41. The van der Waals surface area contributed by atoms with E-state index >= 15 is 0 Å². The molecular weight excluding hydrogens is 296 g/mol. The minimum absolute atomic E-state index is 0.172. The van der Waals surface area contributed by atoms with Crippen LogP contribution in [0.2, 0.25) is 0 Å². The lowest BCUT2D eigenvalue weighted by molar-refractivity contribution is 0.0231. The van der Waals surface area contributed by atoms with E-state index in [0.29, 0.717) is 18.8 Å². The molecule has 0 aromatic carbocycles. The van der Waals surface area contributed by atoms with Gasteiger partial charge in [0, 0.05) is 30.8 Å². The van der Waals surface area contributed by atoms with Crippen molar-refractivity contribution in [2.24, 2.45) is 13.0 Å². The SMILES string of the molecule is Cn1cc([C@@H](NC(=O)c2cc(C3CC3)no2)C2CC(O)C2)cn1. The van der Waals surface area contributed by atoms with Gasteiger partial charge in [-0.15, -0.1) is 0 Å². The Balaban J connectivity index is 1.50. The number of nitrogens with zero attached hydrogens (tertiary/aromatic N) is 3. The highest BCUT2D eigenvalue weighted by Crippen LogP contribution is 2.40. The molecule has 4 rings (SSSR count). The third-order valence-electron chi connectivity index (χ3n) is 4.74. The molecule has 2 fully saturated rings. The number of aromatic nitrogens is 3. The molecule has 7 heteroatoms. The molecule has 2 aliphatic rings. The van der Waals surface area contributed by atoms with Crippen molar-refractivity contribution in [2.75, 3.05) is 0 Å². The summed E-state index contributed by atoms with van der Waals surface area (Å²) in [5.41, 5.74) is 1.81. The highest BCUT2D eigenvalue weighted by atomic mass is 16.5. The quantitative estimate of drug-likeness (QED) is 0.872. The maximum Gasteiger partial charge on any atom is 0.290 e. The maximum absolute atomic E-state index is 12.5. The van der Waals surface area contributed by atoms with E-state index < -0.39 is 0 Å². The predicted molar refractivity (Wildman–Crippen MR) is 80.6 cm³/mol. The van der Waals surface area contributed by atoms with Gasteiger partial charge in [0.05, 0.1) is 24.0 Å². The number of aliphatic hydroxyl groups is 1. The van der Waals surface area contributed by atoms with Crippen molar-refractivity contribution >= 4 is 5.91 Å². The van der Waals surface area contributed by atoms with Crippen LogP contribution < -0.4 is 5.32 Å². The van der Waals surface area contributed by atoms with Gasteiger partial charge in [-0.2, -0.15) is 5.10 Å². The van der Waals surface area contributed by atoms with Crippen molar-refractivity contribution in [1.82, 2.24) is 20.3 Å². The van der Waals surface area contributed by atoms with Gasteiger partial charge in [-0.1, -0.05) is 5.16 Å². The number of hydrogen-bond acceptors (Lipinski definition) is 5. The monoisotopic (exact) mass is 316 g/mol. The Kier molecular flexibility index (Phi) is 3.45. The molecule has 0 radical (unpaired) electrons. The van der Waals surface area contributed by atoms with Crippen molar-refractivity contribution in [3.05, 3.63) is 35.5 Å². The van der Waals surface area contributed by atoms with Gasteiger partial charge in [-0.25, -0.2) is 0 Å². The first-order valence-electron chi connectivity index (χ1n) is 8.04. The number of hydrogen-bond donors (Lipinski definition) is 2. The second-order valence-electron chi connectivity index (χ2n) is 6.67. The Morgan fingerprint density at radius 1 is 1.48 bits per heavy atom. The van der Waals surface area contributed by atoms with E-state index in [4.69, 9.17) is 4.52 Å².